The fraction of sp³-hybridized carbons (Fsp3) is 0.333. The predicted molar refractivity (Wildman–Crippen MR) is 92.9 cm³/mol. The highest BCUT2D eigenvalue weighted by Gasteiger charge is 2.20. The molecule has 6 nitrogen and oxygen atoms in total. The molecule has 1 aromatic carbocycles. The number of pyridine rings is 1. The Morgan fingerprint density at radius 3 is 2.75 bits per heavy atom. The van der Waals surface area contributed by atoms with Crippen molar-refractivity contribution in [2.75, 3.05) is 13.1 Å². The highest BCUT2D eigenvalue weighted by atomic mass is 16.3. The number of fused-ring (bicyclic) bond motifs is 1. The molecule has 3 heterocycles. The minimum absolute atomic E-state index is 0.0516. The lowest BCUT2D eigenvalue weighted by atomic mass is 10.0. The second-order valence-corrected chi connectivity index (χ2v) is 6.18. The Morgan fingerprint density at radius 1 is 1.21 bits per heavy atom. The van der Waals surface area contributed by atoms with E-state index in [-0.39, 0.29) is 18.3 Å². The summed E-state index contributed by atoms with van der Waals surface area (Å²) in [5, 5.41) is 12.5. The molecule has 124 valence electrons. The van der Waals surface area contributed by atoms with E-state index in [1.807, 2.05) is 28.8 Å². The van der Waals surface area contributed by atoms with Crippen LogP contribution in [0.3, 0.4) is 0 Å². The van der Waals surface area contributed by atoms with Gasteiger partial charge in [-0.2, -0.15) is 0 Å². The van der Waals surface area contributed by atoms with Gasteiger partial charge in [0.05, 0.1) is 23.3 Å². The zero-order valence-corrected chi connectivity index (χ0v) is 13.3. The first-order chi connectivity index (χ1) is 11.8. The Morgan fingerprint density at radius 2 is 2.04 bits per heavy atom. The summed E-state index contributed by atoms with van der Waals surface area (Å²) in [6, 6.07) is 9.92. The molecule has 0 aliphatic carbocycles. The molecule has 1 fully saturated rings. The van der Waals surface area contributed by atoms with Gasteiger partial charge < -0.3 is 15.4 Å². The van der Waals surface area contributed by atoms with Gasteiger partial charge in [0.1, 0.15) is 0 Å². The van der Waals surface area contributed by atoms with Crippen molar-refractivity contribution in [3.63, 3.8) is 0 Å². The Labute approximate surface area is 139 Å². The van der Waals surface area contributed by atoms with Gasteiger partial charge in [0.2, 0.25) is 0 Å². The predicted octanol–water partition coefficient (Wildman–Crippen LogP) is 1.81. The van der Waals surface area contributed by atoms with Gasteiger partial charge in [-0.05, 0) is 38.1 Å². The van der Waals surface area contributed by atoms with E-state index in [1.54, 1.807) is 12.3 Å². The van der Waals surface area contributed by atoms with Gasteiger partial charge in [0, 0.05) is 23.4 Å². The van der Waals surface area contributed by atoms with Gasteiger partial charge >= 0.3 is 5.69 Å². The fourth-order valence-electron chi connectivity index (χ4n) is 3.49. The molecule has 0 unspecified atom stereocenters. The van der Waals surface area contributed by atoms with Gasteiger partial charge in [-0.1, -0.05) is 18.2 Å². The zero-order valence-electron chi connectivity index (χ0n) is 13.3. The maximum absolute atomic E-state index is 12.6. The van der Waals surface area contributed by atoms with Crippen LogP contribution in [-0.2, 0) is 6.61 Å². The number of nitrogens with one attached hydrogen (secondary N) is 2. The third-order valence-corrected chi connectivity index (χ3v) is 4.72. The summed E-state index contributed by atoms with van der Waals surface area (Å²) in [6.45, 7) is 1.80. The smallest absolute Gasteiger partial charge is 0.326 e. The zero-order chi connectivity index (χ0) is 16.5. The van der Waals surface area contributed by atoms with Crippen molar-refractivity contribution in [3.8, 4) is 11.1 Å². The van der Waals surface area contributed by atoms with Crippen LogP contribution in [0.1, 0.15) is 24.6 Å². The van der Waals surface area contributed by atoms with Crippen molar-refractivity contribution in [3.05, 3.63) is 52.7 Å². The summed E-state index contributed by atoms with van der Waals surface area (Å²) < 4.78 is 1.90. The minimum Gasteiger partial charge on any atom is -0.390 e. The number of piperidine rings is 1. The number of nitrogens with zero attached hydrogens (tertiary/aromatic N) is 2. The topological polar surface area (TPSA) is 82.9 Å². The number of rotatable bonds is 3. The van der Waals surface area contributed by atoms with Crippen molar-refractivity contribution >= 4 is 11.0 Å². The number of para-hydroxylation sites is 1. The number of aromatic amines is 1. The van der Waals surface area contributed by atoms with Crippen molar-refractivity contribution in [2.24, 2.45) is 0 Å². The quantitative estimate of drug-likeness (QED) is 0.686. The van der Waals surface area contributed by atoms with Crippen LogP contribution in [0.15, 0.2) is 41.3 Å². The Hall–Kier alpha value is -2.44. The molecule has 3 aromatic rings. The minimum atomic E-state index is -0.0760. The third kappa shape index (κ3) is 2.53. The van der Waals surface area contributed by atoms with Crippen LogP contribution in [0.25, 0.3) is 22.2 Å². The molecule has 4 rings (SSSR count). The second-order valence-electron chi connectivity index (χ2n) is 6.18. The van der Waals surface area contributed by atoms with E-state index in [9.17, 15) is 4.79 Å². The number of imidazole rings is 1. The Balaban J connectivity index is 1.84. The van der Waals surface area contributed by atoms with Crippen LogP contribution < -0.4 is 11.0 Å². The highest BCUT2D eigenvalue weighted by Crippen LogP contribution is 2.29. The van der Waals surface area contributed by atoms with Gasteiger partial charge in [-0.15, -0.1) is 0 Å². The number of hydrogen-bond acceptors (Lipinski definition) is 4. The average Bonchev–Trinajstić information content (AvgIpc) is 2.98. The molecule has 0 saturated carbocycles. The van der Waals surface area contributed by atoms with E-state index in [4.69, 9.17) is 5.11 Å². The van der Waals surface area contributed by atoms with E-state index < -0.39 is 0 Å². The molecular formula is C18H20N4O2. The van der Waals surface area contributed by atoms with Crippen LogP contribution in [0.2, 0.25) is 0 Å². The van der Waals surface area contributed by atoms with Crippen LogP contribution >= 0.6 is 0 Å². The molecule has 1 aliphatic rings. The van der Waals surface area contributed by atoms with Gasteiger partial charge in [-0.3, -0.25) is 9.55 Å². The number of aromatic nitrogens is 3. The molecule has 24 heavy (non-hydrogen) atoms. The fourth-order valence-corrected chi connectivity index (χ4v) is 3.49. The van der Waals surface area contributed by atoms with Gasteiger partial charge in [-0.25, -0.2) is 4.79 Å². The molecule has 0 amide bonds. The summed E-state index contributed by atoms with van der Waals surface area (Å²) in [5.74, 6) is 0. The van der Waals surface area contributed by atoms with Gasteiger partial charge in [0.15, 0.2) is 0 Å². The van der Waals surface area contributed by atoms with Crippen LogP contribution in [0.4, 0.5) is 0 Å². The van der Waals surface area contributed by atoms with Crippen LogP contribution in [0.5, 0.6) is 0 Å². The number of aliphatic hydroxyl groups is 1. The molecule has 0 radical (unpaired) electrons. The normalized spacial score (nSPS) is 15.9. The van der Waals surface area contributed by atoms with Gasteiger partial charge in [0.25, 0.3) is 0 Å². The van der Waals surface area contributed by atoms with Crippen molar-refractivity contribution < 1.29 is 5.11 Å². The first kappa shape index (κ1) is 15.1. The second kappa shape index (κ2) is 6.22. The van der Waals surface area contributed by atoms with E-state index in [2.05, 4.69) is 15.3 Å². The maximum Gasteiger partial charge on any atom is 0.326 e. The number of H-pyrrole nitrogens is 1. The van der Waals surface area contributed by atoms with E-state index in [0.29, 0.717) is 5.69 Å². The Bertz CT molecular complexity index is 905. The SMILES string of the molecule is O=c1[nH]c2c(-c3ccc(CO)nc3)cccc2n1C1CCNCC1. The van der Waals surface area contributed by atoms with Crippen molar-refractivity contribution in [1.82, 2.24) is 19.9 Å². The molecule has 1 saturated heterocycles. The number of aliphatic hydroxyl groups excluding tert-OH is 1. The summed E-state index contributed by atoms with van der Waals surface area (Å²) in [5.41, 5.74) is 4.25. The van der Waals surface area contributed by atoms with E-state index >= 15 is 0 Å². The average molecular weight is 324 g/mol. The molecule has 0 spiro atoms. The molecule has 0 bridgehead atoms. The van der Waals surface area contributed by atoms with Crippen molar-refractivity contribution in [2.45, 2.75) is 25.5 Å². The molecular weight excluding hydrogens is 304 g/mol. The van der Waals surface area contributed by atoms with Crippen LogP contribution in [-0.4, -0.2) is 32.7 Å². The summed E-state index contributed by atoms with van der Waals surface area (Å²) in [4.78, 5) is 19.8. The lowest BCUT2D eigenvalue weighted by Gasteiger charge is -2.23. The first-order valence-electron chi connectivity index (χ1n) is 8.28. The molecule has 0 atom stereocenters. The number of benzene rings is 1. The standard InChI is InChI=1S/C18H20N4O2/c23-11-13-5-4-12(10-20-13)15-2-1-3-16-17(15)21-18(24)22(16)14-6-8-19-9-7-14/h1-5,10,14,19,23H,6-9,11H2,(H,21,24). The van der Waals surface area contributed by atoms with E-state index in [0.717, 1.165) is 48.1 Å². The maximum atomic E-state index is 12.6. The molecule has 6 heteroatoms. The summed E-state index contributed by atoms with van der Waals surface area (Å²) in [7, 11) is 0. The molecule has 3 N–H and O–H groups in total. The largest absolute Gasteiger partial charge is 0.390 e. The molecule has 1 aliphatic heterocycles. The lowest BCUT2D eigenvalue weighted by Crippen LogP contribution is -2.33. The van der Waals surface area contributed by atoms with E-state index in [1.165, 1.54) is 0 Å². The lowest BCUT2D eigenvalue weighted by molar-refractivity contribution is 0.277. The highest BCUT2D eigenvalue weighted by molar-refractivity contribution is 5.91. The monoisotopic (exact) mass is 324 g/mol. The summed E-state index contributed by atoms with van der Waals surface area (Å²) in [6.07, 6.45) is 3.66. The van der Waals surface area contributed by atoms with Crippen molar-refractivity contribution in [1.29, 1.82) is 0 Å². The van der Waals surface area contributed by atoms with Crippen LogP contribution in [0, 0.1) is 0 Å². The summed E-state index contributed by atoms with van der Waals surface area (Å²) >= 11 is 0. The first-order valence-corrected chi connectivity index (χ1v) is 8.28. The molecule has 2 aromatic heterocycles. The number of hydrogen-bond donors (Lipinski definition) is 3. The third-order valence-electron chi connectivity index (χ3n) is 4.72. The Kier molecular flexibility index (Phi) is 3.92.